The second kappa shape index (κ2) is 4.85. The molecule has 1 aliphatic heterocycles. The molecule has 1 saturated heterocycles. The molecule has 1 aromatic rings. The fourth-order valence-electron chi connectivity index (χ4n) is 2.27. The molecule has 1 amide bonds. The van der Waals surface area contributed by atoms with Crippen LogP contribution < -0.4 is 10.6 Å². The number of aryl methyl sites for hydroxylation is 1. The summed E-state index contributed by atoms with van der Waals surface area (Å²) in [5, 5.41) is 0. The van der Waals surface area contributed by atoms with Gasteiger partial charge in [0.15, 0.2) is 0 Å². The summed E-state index contributed by atoms with van der Waals surface area (Å²) >= 11 is 0. The molecular formula is C13H15F3N2O. The fraction of sp³-hybridized carbons (Fsp3) is 0.462. The molecule has 3 nitrogen and oxygen atoms in total. The van der Waals surface area contributed by atoms with Crippen LogP contribution in [0.25, 0.3) is 0 Å². The number of nitrogens with two attached hydrogens (primary N) is 1. The van der Waals surface area contributed by atoms with Crippen molar-refractivity contribution in [2.45, 2.75) is 19.5 Å². The normalized spacial score (nSPS) is 20.2. The third-order valence-corrected chi connectivity index (χ3v) is 3.38. The molecular weight excluding hydrogens is 257 g/mol. The maximum absolute atomic E-state index is 12.8. The van der Waals surface area contributed by atoms with Gasteiger partial charge in [-0.2, -0.15) is 13.2 Å². The van der Waals surface area contributed by atoms with Crippen molar-refractivity contribution >= 4 is 11.6 Å². The number of anilines is 1. The summed E-state index contributed by atoms with van der Waals surface area (Å²) in [7, 11) is 0. The number of hydrogen-bond donors (Lipinski definition) is 1. The minimum Gasteiger partial charge on any atom is -0.330 e. The minimum absolute atomic E-state index is 0.0168. The van der Waals surface area contributed by atoms with E-state index in [9.17, 15) is 18.0 Å². The number of benzene rings is 1. The number of rotatable bonds is 2. The predicted octanol–water partition coefficient (Wildman–Crippen LogP) is 2.33. The Morgan fingerprint density at radius 1 is 1.42 bits per heavy atom. The number of nitrogens with zero attached hydrogens (tertiary/aromatic N) is 1. The smallest absolute Gasteiger partial charge is 0.330 e. The van der Waals surface area contributed by atoms with Gasteiger partial charge in [-0.3, -0.25) is 4.79 Å². The van der Waals surface area contributed by atoms with Crippen LogP contribution in [-0.2, 0) is 11.0 Å². The first-order valence-electron chi connectivity index (χ1n) is 6.01. The van der Waals surface area contributed by atoms with Crippen LogP contribution in [-0.4, -0.2) is 19.0 Å². The third-order valence-electron chi connectivity index (χ3n) is 3.38. The van der Waals surface area contributed by atoms with Crippen molar-refractivity contribution in [3.63, 3.8) is 0 Å². The highest BCUT2D eigenvalue weighted by Gasteiger charge is 2.35. The molecule has 0 saturated carbocycles. The van der Waals surface area contributed by atoms with E-state index in [2.05, 4.69) is 0 Å². The highest BCUT2D eigenvalue weighted by atomic mass is 19.4. The molecule has 0 spiro atoms. The van der Waals surface area contributed by atoms with Gasteiger partial charge in [0, 0.05) is 18.7 Å². The van der Waals surface area contributed by atoms with Gasteiger partial charge in [0.05, 0.1) is 5.56 Å². The lowest BCUT2D eigenvalue weighted by molar-refractivity contribution is -0.138. The van der Waals surface area contributed by atoms with E-state index in [1.54, 1.807) is 6.07 Å². The van der Waals surface area contributed by atoms with Crippen molar-refractivity contribution in [3.8, 4) is 0 Å². The van der Waals surface area contributed by atoms with Crippen LogP contribution in [0.1, 0.15) is 17.5 Å². The standard InChI is InChI=1S/C13H15F3N2O/c1-8-2-3-10(5-11(8)13(14,15)16)18-7-9(6-17)4-12(18)19/h2-3,5,9H,4,6-7,17H2,1H3. The zero-order chi connectivity index (χ0) is 14.2. The van der Waals surface area contributed by atoms with Crippen molar-refractivity contribution in [3.05, 3.63) is 29.3 Å². The van der Waals surface area contributed by atoms with Crippen LogP contribution in [0.3, 0.4) is 0 Å². The molecule has 19 heavy (non-hydrogen) atoms. The van der Waals surface area contributed by atoms with Gasteiger partial charge in [-0.05, 0) is 37.1 Å². The van der Waals surface area contributed by atoms with Crippen LogP contribution >= 0.6 is 0 Å². The van der Waals surface area contributed by atoms with Crippen molar-refractivity contribution in [2.24, 2.45) is 11.7 Å². The average molecular weight is 272 g/mol. The molecule has 1 aromatic carbocycles. The van der Waals surface area contributed by atoms with Crippen molar-refractivity contribution in [1.29, 1.82) is 0 Å². The number of carbonyl (C=O) groups is 1. The highest BCUT2D eigenvalue weighted by Crippen LogP contribution is 2.35. The molecule has 1 fully saturated rings. The van der Waals surface area contributed by atoms with Gasteiger partial charge in [-0.25, -0.2) is 0 Å². The first kappa shape index (κ1) is 13.9. The Morgan fingerprint density at radius 3 is 2.63 bits per heavy atom. The molecule has 6 heteroatoms. The van der Waals surface area contributed by atoms with Gasteiger partial charge in [0.1, 0.15) is 0 Å². The summed E-state index contributed by atoms with van der Waals surface area (Å²) in [6.45, 7) is 2.15. The van der Waals surface area contributed by atoms with Gasteiger partial charge in [-0.1, -0.05) is 6.07 Å². The zero-order valence-corrected chi connectivity index (χ0v) is 10.5. The lowest BCUT2D eigenvalue weighted by Crippen LogP contribution is -2.26. The quantitative estimate of drug-likeness (QED) is 0.898. The second-order valence-electron chi connectivity index (χ2n) is 4.81. The summed E-state index contributed by atoms with van der Waals surface area (Å²) in [5.74, 6) is -0.157. The second-order valence-corrected chi connectivity index (χ2v) is 4.81. The maximum atomic E-state index is 12.8. The van der Waals surface area contributed by atoms with E-state index in [0.29, 0.717) is 25.2 Å². The Kier molecular flexibility index (Phi) is 3.54. The Labute approximate surface area is 109 Å². The van der Waals surface area contributed by atoms with Crippen LogP contribution in [0.15, 0.2) is 18.2 Å². The monoisotopic (exact) mass is 272 g/mol. The lowest BCUT2D eigenvalue weighted by Gasteiger charge is -2.19. The van der Waals surface area contributed by atoms with Gasteiger partial charge in [-0.15, -0.1) is 0 Å². The van der Waals surface area contributed by atoms with Crippen molar-refractivity contribution in [1.82, 2.24) is 0 Å². The maximum Gasteiger partial charge on any atom is 0.416 e. The summed E-state index contributed by atoms with van der Waals surface area (Å²) in [5.41, 5.74) is 5.24. The topological polar surface area (TPSA) is 46.3 Å². The zero-order valence-electron chi connectivity index (χ0n) is 10.5. The van der Waals surface area contributed by atoms with Crippen LogP contribution in [0.2, 0.25) is 0 Å². The van der Waals surface area contributed by atoms with E-state index in [1.807, 2.05) is 0 Å². The Bertz CT molecular complexity index is 499. The third kappa shape index (κ3) is 2.73. The molecule has 104 valence electrons. The van der Waals surface area contributed by atoms with Crippen LogP contribution in [0.5, 0.6) is 0 Å². The highest BCUT2D eigenvalue weighted by molar-refractivity contribution is 5.95. The predicted molar refractivity (Wildman–Crippen MR) is 65.7 cm³/mol. The molecule has 0 aliphatic carbocycles. The Hall–Kier alpha value is -1.56. The average Bonchev–Trinajstić information content (AvgIpc) is 2.70. The lowest BCUT2D eigenvalue weighted by atomic mass is 10.1. The fourth-order valence-corrected chi connectivity index (χ4v) is 2.27. The molecule has 0 radical (unpaired) electrons. The molecule has 2 N–H and O–H groups in total. The molecule has 1 heterocycles. The molecule has 0 aromatic heterocycles. The molecule has 1 aliphatic rings. The number of hydrogen-bond acceptors (Lipinski definition) is 2. The number of halogens is 3. The Balaban J connectivity index is 2.34. The van der Waals surface area contributed by atoms with Gasteiger partial charge < -0.3 is 10.6 Å². The van der Waals surface area contributed by atoms with E-state index in [-0.39, 0.29) is 17.4 Å². The molecule has 1 atom stereocenters. The minimum atomic E-state index is -4.41. The van der Waals surface area contributed by atoms with Gasteiger partial charge in [0.2, 0.25) is 5.91 Å². The first-order chi connectivity index (χ1) is 8.82. The SMILES string of the molecule is Cc1ccc(N2CC(CN)CC2=O)cc1C(F)(F)F. The van der Waals surface area contributed by atoms with E-state index in [0.717, 1.165) is 6.07 Å². The summed E-state index contributed by atoms with van der Waals surface area (Å²) < 4.78 is 38.5. The molecule has 2 rings (SSSR count). The first-order valence-corrected chi connectivity index (χ1v) is 6.01. The van der Waals surface area contributed by atoms with Crippen LogP contribution in [0, 0.1) is 12.8 Å². The van der Waals surface area contributed by atoms with Gasteiger partial charge >= 0.3 is 6.18 Å². The van der Waals surface area contributed by atoms with E-state index in [1.165, 1.54) is 17.9 Å². The number of alkyl halides is 3. The number of carbonyl (C=O) groups excluding carboxylic acids is 1. The van der Waals surface area contributed by atoms with E-state index in [4.69, 9.17) is 5.73 Å². The van der Waals surface area contributed by atoms with Crippen LogP contribution in [0.4, 0.5) is 18.9 Å². The summed E-state index contributed by atoms with van der Waals surface area (Å²) in [4.78, 5) is 13.2. The summed E-state index contributed by atoms with van der Waals surface area (Å²) in [6.07, 6.45) is -4.11. The largest absolute Gasteiger partial charge is 0.416 e. The van der Waals surface area contributed by atoms with Gasteiger partial charge in [0.25, 0.3) is 0 Å². The van der Waals surface area contributed by atoms with Crippen molar-refractivity contribution < 1.29 is 18.0 Å². The van der Waals surface area contributed by atoms with E-state index < -0.39 is 11.7 Å². The van der Waals surface area contributed by atoms with Crippen molar-refractivity contribution in [2.75, 3.05) is 18.0 Å². The Morgan fingerprint density at radius 2 is 2.11 bits per heavy atom. The molecule has 1 unspecified atom stereocenters. The number of amides is 1. The molecule has 0 bridgehead atoms. The van der Waals surface area contributed by atoms with E-state index >= 15 is 0 Å². The summed E-state index contributed by atoms with van der Waals surface area (Å²) in [6, 6.07) is 3.97.